The van der Waals surface area contributed by atoms with Crippen molar-refractivity contribution in [3.63, 3.8) is 0 Å². The number of amides is 1. The molecule has 0 bridgehead atoms. The average molecular weight is 468 g/mol. The zero-order valence-corrected chi connectivity index (χ0v) is 18.4. The summed E-state index contributed by atoms with van der Waals surface area (Å²) in [6, 6.07) is 19.6. The molecule has 1 aliphatic rings. The molecule has 2 aromatic heterocycles. The first-order valence-electron chi connectivity index (χ1n) is 10.4. The van der Waals surface area contributed by atoms with E-state index in [-0.39, 0.29) is 18.3 Å². The van der Waals surface area contributed by atoms with Crippen LogP contribution in [0.1, 0.15) is 10.4 Å². The fourth-order valence-electron chi connectivity index (χ4n) is 3.72. The van der Waals surface area contributed by atoms with Gasteiger partial charge < -0.3 is 9.47 Å². The number of carbonyl (C=O) groups is 1. The molecule has 6 rings (SSSR count). The minimum Gasteiger partial charge on any atom is -0.454 e. The van der Waals surface area contributed by atoms with Crippen LogP contribution in [0.3, 0.4) is 0 Å². The van der Waals surface area contributed by atoms with Crippen LogP contribution in [-0.4, -0.2) is 27.2 Å². The van der Waals surface area contributed by atoms with Crippen molar-refractivity contribution in [3.05, 3.63) is 94.4 Å². The van der Waals surface area contributed by atoms with Gasteiger partial charge in [0.2, 0.25) is 6.79 Å². The maximum atomic E-state index is 12.8. The van der Waals surface area contributed by atoms with Crippen LogP contribution in [0, 0.1) is 0 Å². The molecular weight excluding hydrogens is 452 g/mol. The van der Waals surface area contributed by atoms with Gasteiger partial charge >= 0.3 is 0 Å². The van der Waals surface area contributed by atoms with Crippen molar-refractivity contribution in [2.75, 3.05) is 12.1 Å². The lowest BCUT2D eigenvalue weighted by atomic mass is 10.1. The maximum Gasteiger partial charge on any atom is 0.265 e. The van der Waals surface area contributed by atoms with Crippen LogP contribution in [-0.2, 0) is 0 Å². The minimum atomic E-state index is -0.290. The standard InChI is InChI=1S/C25H16N4O4S/c30-23(28-25-27-20(12-34-25)16-7-10-21-22(11-16)33-14-32-21)15-5-8-17(9-6-15)29-13-26-19-4-2-1-3-18(19)24(29)31/h1-13H,14H2,(H,27,28,30). The molecule has 9 heteroatoms. The number of ether oxygens (including phenoxy) is 2. The number of carbonyl (C=O) groups excluding carboxylic acids is 1. The largest absolute Gasteiger partial charge is 0.454 e. The number of nitrogens with one attached hydrogen (secondary N) is 1. The van der Waals surface area contributed by atoms with Crippen molar-refractivity contribution in [3.8, 4) is 28.4 Å². The van der Waals surface area contributed by atoms with Crippen LogP contribution in [0.2, 0.25) is 0 Å². The van der Waals surface area contributed by atoms with Crippen molar-refractivity contribution in [1.82, 2.24) is 14.5 Å². The monoisotopic (exact) mass is 468 g/mol. The highest BCUT2D eigenvalue weighted by molar-refractivity contribution is 7.14. The molecule has 0 saturated carbocycles. The normalized spacial score (nSPS) is 12.1. The van der Waals surface area contributed by atoms with E-state index in [1.165, 1.54) is 22.2 Å². The van der Waals surface area contributed by atoms with E-state index in [1.807, 2.05) is 29.6 Å². The van der Waals surface area contributed by atoms with Gasteiger partial charge in [-0.05, 0) is 54.6 Å². The fraction of sp³-hybridized carbons (Fsp3) is 0.0400. The van der Waals surface area contributed by atoms with Gasteiger partial charge in [-0.3, -0.25) is 19.5 Å². The highest BCUT2D eigenvalue weighted by atomic mass is 32.1. The second kappa shape index (κ2) is 8.13. The van der Waals surface area contributed by atoms with Gasteiger partial charge in [-0.25, -0.2) is 9.97 Å². The minimum absolute atomic E-state index is 0.165. The average Bonchev–Trinajstić information content (AvgIpc) is 3.54. The van der Waals surface area contributed by atoms with Crippen molar-refractivity contribution in [1.29, 1.82) is 0 Å². The number of rotatable bonds is 4. The number of fused-ring (bicyclic) bond motifs is 2. The van der Waals surface area contributed by atoms with Crippen LogP contribution in [0.5, 0.6) is 11.5 Å². The summed E-state index contributed by atoms with van der Waals surface area (Å²) in [6.45, 7) is 0.210. The number of aromatic nitrogens is 3. The molecule has 1 N–H and O–H groups in total. The van der Waals surface area contributed by atoms with Gasteiger partial charge in [-0.15, -0.1) is 11.3 Å². The van der Waals surface area contributed by atoms with Crippen LogP contribution in [0.15, 0.2) is 83.2 Å². The lowest BCUT2D eigenvalue weighted by Crippen LogP contribution is -2.19. The Bertz CT molecular complexity index is 1610. The Morgan fingerprint density at radius 1 is 1.00 bits per heavy atom. The summed E-state index contributed by atoms with van der Waals surface area (Å²) in [5.74, 6) is 1.09. The van der Waals surface area contributed by atoms with E-state index in [0.717, 1.165) is 11.3 Å². The smallest absolute Gasteiger partial charge is 0.265 e. The van der Waals surface area contributed by atoms with Crippen LogP contribution < -0.4 is 20.3 Å². The number of benzene rings is 3. The second-order valence-electron chi connectivity index (χ2n) is 7.54. The summed E-state index contributed by atoms with van der Waals surface area (Å²) < 4.78 is 12.2. The molecule has 5 aromatic rings. The first-order valence-corrected chi connectivity index (χ1v) is 11.3. The molecule has 0 unspecified atom stereocenters. The Balaban J connectivity index is 1.20. The first kappa shape index (κ1) is 20.1. The third-order valence-electron chi connectivity index (χ3n) is 5.47. The molecule has 0 spiro atoms. The molecule has 8 nitrogen and oxygen atoms in total. The molecule has 0 atom stereocenters. The number of nitrogens with zero attached hydrogens (tertiary/aromatic N) is 3. The van der Waals surface area contributed by atoms with Gasteiger partial charge in [0.15, 0.2) is 16.6 Å². The second-order valence-corrected chi connectivity index (χ2v) is 8.40. The number of para-hydroxylation sites is 1. The summed E-state index contributed by atoms with van der Waals surface area (Å²) in [7, 11) is 0. The van der Waals surface area contributed by atoms with Crippen molar-refractivity contribution >= 4 is 33.3 Å². The van der Waals surface area contributed by atoms with E-state index < -0.39 is 0 Å². The summed E-state index contributed by atoms with van der Waals surface area (Å²) in [4.78, 5) is 34.4. The highest BCUT2D eigenvalue weighted by Crippen LogP contribution is 2.36. The molecule has 3 heterocycles. The van der Waals surface area contributed by atoms with Crippen molar-refractivity contribution in [2.24, 2.45) is 0 Å². The Kier molecular flexibility index (Phi) is 4.81. The molecule has 0 radical (unpaired) electrons. The zero-order chi connectivity index (χ0) is 23.1. The van der Waals surface area contributed by atoms with Gasteiger partial charge in [0.1, 0.15) is 6.33 Å². The molecular formula is C25H16N4O4S. The van der Waals surface area contributed by atoms with E-state index in [4.69, 9.17) is 9.47 Å². The molecule has 0 saturated heterocycles. The molecule has 166 valence electrons. The van der Waals surface area contributed by atoms with E-state index in [2.05, 4.69) is 15.3 Å². The number of anilines is 1. The molecule has 1 amide bonds. The molecule has 1 aliphatic heterocycles. The quantitative estimate of drug-likeness (QED) is 0.418. The van der Waals surface area contributed by atoms with Gasteiger partial charge in [0.25, 0.3) is 11.5 Å². The topological polar surface area (TPSA) is 95.3 Å². The predicted octanol–water partition coefficient (Wildman–Crippen LogP) is 4.49. The molecule has 3 aromatic carbocycles. The Morgan fingerprint density at radius 2 is 1.82 bits per heavy atom. The number of hydrogen-bond acceptors (Lipinski definition) is 7. The van der Waals surface area contributed by atoms with E-state index in [0.29, 0.717) is 38.8 Å². The van der Waals surface area contributed by atoms with E-state index in [1.54, 1.807) is 42.5 Å². The fourth-order valence-corrected chi connectivity index (χ4v) is 4.43. The lowest BCUT2D eigenvalue weighted by Gasteiger charge is -2.08. The van der Waals surface area contributed by atoms with E-state index in [9.17, 15) is 9.59 Å². The maximum absolute atomic E-state index is 12.8. The Hall–Kier alpha value is -4.50. The molecule has 0 aliphatic carbocycles. The zero-order valence-electron chi connectivity index (χ0n) is 17.6. The SMILES string of the molecule is O=C(Nc1nc(-c2ccc3c(c2)OCO3)cs1)c1ccc(-n2cnc3ccccc3c2=O)cc1. The van der Waals surface area contributed by atoms with Gasteiger partial charge in [0.05, 0.1) is 22.3 Å². The van der Waals surface area contributed by atoms with Gasteiger partial charge in [-0.1, -0.05) is 12.1 Å². The third kappa shape index (κ3) is 3.57. The summed E-state index contributed by atoms with van der Waals surface area (Å²) in [5, 5.41) is 5.72. The highest BCUT2D eigenvalue weighted by Gasteiger charge is 2.16. The van der Waals surface area contributed by atoms with Crippen LogP contribution in [0.4, 0.5) is 5.13 Å². The Morgan fingerprint density at radius 3 is 2.71 bits per heavy atom. The lowest BCUT2D eigenvalue weighted by molar-refractivity contribution is 0.102. The van der Waals surface area contributed by atoms with Crippen LogP contribution in [0.25, 0.3) is 27.8 Å². The Labute approximate surface area is 197 Å². The molecule has 34 heavy (non-hydrogen) atoms. The number of hydrogen-bond donors (Lipinski definition) is 1. The van der Waals surface area contributed by atoms with Gasteiger partial charge in [0, 0.05) is 16.5 Å². The first-order chi connectivity index (χ1) is 16.7. The molecule has 0 fully saturated rings. The number of thiazole rings is 1. The van der Waals surface area contributed by atoms with E-state index >= 15 is 0 Å². The third-order valence-corrected chi connectivity index (χ3v) is 6.22. The predicted molar refractivity (Wildman–Crippen MR) is 129 cm³/mol. The summed E-state index contributed by atoms with van der Waals surface area (Å²) >= 11 is 1.33. The van der Waals surface area contributed by atoms with Crippen LogP contribution >= 0.6 is 11.3 Å². The summed E-state index contributed by atoms with van der Waals surface area (Å²) in [6.07, 6.45) is 1.49. The van der Waals surface area contributed by atoms with Crippen molar-refractivity contribution in [2.45, 2.75) is 0 Å². The van der Waals surface area contributed by atoms with Crippen molar-refractivity contribution < 1.29 is 14.3 Å². The summed E-state index contributed by atoms with van der Waals surface area (Å²) in [5.41, 5.74) is 3.16. The van der Waals surface area contributed by atoms with Gasteiger partial charge in [-0.2, -0.15) is 0 Å².